The maximum atomic E-state index is 11.5. The lowest BCUT2D eigenvalue weighted by Crippen LogP contribution is -2.68. The van der Waals surface area contributed by atoms with E-state index in [1.165, 1.54) is 6.92 Å². The molecule has 0 aliphatic rings. The van der Waals surface area contributed by atoms with Crippen LogP contribution in [0.25, 0.3) is 0 Å². The van der Waals surface area contributed by atoms with Crippen molar-refractivity contribution in [1.29, 1.82) is 0 Å². The Hall–Kier alpha value is -0.910. The van der Waals surface area contributed by atoms with Gasteiger partial charge in [-0.1, -0.05) is 6.92 Å². The van der Waals surface area contributed by atoms with Crippen molar-refractivity contribution >= 4 is 19.3 Å². The van der Waals surface area contributed by atoms with Gasteiger partial charge in [-0.15, -0.1) is 0 Å². The first-order valence-corrected chi connectivity index (χ1v) is 6.74. The molecule has 0 aromatic carbocycles. The molecule has 0 heterocycles. The molecule has 0 spiro atoms. The van der Waals surface area contributed by atoms with Crippen LogP contribution in [0, 0.1) is 5.92 Å². The largest absolute Gasteiger partial charge is 0.550 e. The zero-order valence-corrected chi connectivity index (χ0v) is 9.81. The molecule has 0 aromatic rings. The van der Waals surface area contributed by atoms with E-state index in [0.29, 0.717) is 0 Å². The van der Waals surface area contributed by atoms with Gasteiger partial charge in [0, 0.05) is 30.6 Å². The van der Waals surface area contributed by atoms with Crippen molar-refractivity contribution in [2.75, 3.05) is 12.3 Å². The molecule has 1 unspecified atom stereocenters. The van der Waals surface area contributed by atoms with E-state index in [9.17, 15) is 29.3 Å². The Kier molecular flexibility index (Phi) is 5.64. The molecule has 94 valence electrons. The van der Waals surface area contributed by atoms with E-state index in [1.54, 1.807) is 0 Å². The second kappa shape index (κ2) is 5.98. The molecule has 0 amide bonds. The fraction of sp³-hybridized carbons (Fsp3) is 0.750. The van der Waals surface area contributed by atoms with Crippen LogP contribution in [0.5, 0.6) is 0 Å². The third kappa shape index (κ3) is 5.85. The van der Waals surface area contributed by atoms with Crippen LogP contribution in [-0.2, 0) is 14.2 Å². The Morgan fingerprint density at radius 3 is 2.25 bits per heavy atom. The molecule has 3 atom stereocenters. The van der Waals surface area contributed by atoms with E-state index in [-0.39, 0.29) is 12.6 Å². The summed E-state index contributed by atoms with van der Waals surface area (Å²) in [5, 5.41) is 20.7. The van der Waals surface area contributed by atoms with Crippen molar-refractivity contribution in [3.05, 3.63) is 0 Å². The summed E-state index contributed by atoms with van der Waals surface area (Å²) in [7, 11) is -3.65. The van der Waals surface area contributed by atoms with Gasteiger partial charge in [-0.05, 0) is 0 Å². The van der Waals surface area contributed by atoms with Gasteiger partial charge in [-0.2, -0.15) is 0 Å². The summed E-state index contributed by atoms with van der Waals surface area (Å²) in [5.41, 5.74) is 3.23. The summed E-state index contributed by atoms with van der Waals surface area (Å²) in [6, 6.07) is -1.07. The van der Waals surface area contributed by atoms with Crippen LogP contribution in [0.2, 0.25) is 0 Å². The lowest BCUT2D eigenvalue weighted by atomic mass is 10.2. The molecule has 0 aromatic heterocycles. The van der Waals surface area contributed by atoms with Crippen molar-refractivity contribution in [3.8, 4) is 0 Å². The molecule has 0 bridgehead atoms. The second-order valence-corrected chi connectivity index (χ2v) is 6.28. The Balaban J connectivity index is 4.20. The number of aliphatic carboxylic acids is 2. The van der Waals surface area contributed by atoms with Crippen molar-refractivity contribution in [2.45, 2.75) is 19.4 Å². The third-order valence-corrected chi connectivity index (χ3v) is 4.20. The van der Waals surface area contributed by atoms with Gasteiger partial charge in [0.2, 0.25) is 7.37 Å². The maximum Gasteiger partial charge on any atom is 0.201 e. The molecule has 0 aliphatic heterocycles. The van der Waals surface area contributed by atoms with E-state index in [1.807, 2.05) is 0 Å². The van der Waals surface area contributed by atoms with Crippen molar-refractivity contribution in [1.82, 2.24) is 0 Å². The summed E-state index contributed by atoms with van der Waals surface area (Å²) in [6.07, 6.45) is -0.822. The predicted octanol–water partition coefficient (Wildman–Crippen LogP) is -3.61. The normalized spacial score (nSPS) is 18.4. The van der Waals surface area contributed by atoms with Crippen molar-refractivity contribution in [3.63, 3.8) is 0 Å². The smallest absolute Gasteiger partial charge is 0.201 e. The van der Waals surface area contributed by atoms with Gasteiger partial charge in [-0.25, -0.2) is 0 Å². The van der Waals surface area contributed by atoms with E-state index in [2.05, 4.69) is 5.73 Å². The molecule has 0 rings (SSSR count). The minimum atomic E-state index is -3.65. The monoisotopic (exact) mass is 252 g/mol. The number of carboxylic acid groups (broad SMARTS) is 2. The zero-order valence-electron chi connectivity index (χ0n) is 8.92. The average molecular weight is 252 g/mol. The molecule has 0 radical (unpaired) electrons. The Labute approximate surface area is 92.7 Å². The highest BCUT2D eigenvalue weighted by Crippen LogP contribution is 2.43. The minimum Gasteiger partial charge on any atom is -0.550 e. The van der Waals surface area contributed by atoms with Crippen LogP contribution in [0.3, 0.4) is 0 Å². The van der Waals surface area contributed by atoms with Crippen LogP contribution in [0.15, 0.2) is 0 Å². The van der Waals surface area contributed by atoms with Crippen LogP contribution in [0.1, 0.15) is 13.3 Å². The van der Waals surface area contributed by atoms with Gasteiger partial charge in [0.05, 0.1) is 5.97 Å². The summed E-state index contributed by atoms with van der Waals surface area (Å²) in [6.45, 7) is 1.26. The van der Waals surface area contributed by atoms with Gasteiger partial charge >= 0.3 is 0 Å². The van der Waals surface area contributed by atoms with E-state index in [4.69, 9.17) is 0 Å². The Morgan fingerprint density at radius 2 is 1.88 bits per heavy atom. The lowest BCUT2D eigenvalue weighted by Gasteiger charge is -2.18. The van der Waals surface area contributed by atoms with E-state index < -0.39 is 37.4 Å². The Bertz CT molecular complexity index is 318. The van der Waals surface area contributed by atoms with E-state index >= 15 is 0 Å². The summed E-state index contributed by atoms with van der Waals surface area (Å²) < 4.78 is 11.5. The first-order valence-electron chi connectivity index (χ1n) is 4.71. The summed E-state index contributed by atoms with van der Waals surface area (Å²) in [5.74, 6) is -3.84. The molecular weight excluding hydrogens is 237 g/mol. The molecule has 0 fully saturated rings. The van der Waals surface area contributed by atoms with Crippen molar-refractivity contribution in [2.24, 2.45) is 5.92 Å². The lowest BCUT2D eigenvalue weighted by molar-refractivity contribution is -0.437. The SMILES string of the molecule is C[C@@H](CP(=O)(O)CC[C@H]([NH3+])C(=O)[O-])C(=O)[O-]. The molecule has 16 heavy (non-hydrogen) atoms. The highest BCUT2D eigenvalue weighted by atomic mass is 31.2. The number of rotatable bonds is 7. The standard InChI is InChI=1S/C8H16NO6P/c1-5(7(10)11)4-16(14,15)3-2-6(9)8(12)13/h5-6H,2-4,9H2,1H3,(H,10,11)(H,12,13)(H,14,15)/p-1/t5-,6-/m0/s1. The number of quaternary nitrogens is 1. The number of carbonyl (C=O) groups excluding carboxylic acids is 2. The first kappa shape index (κ1) is 15.1. The number of carboxylic acids is 2. The van der Waals surface area contributed by atoms with E-state index in [0.717, 1.165) is 0 Å². The third-order valence-electron chi connectivity index (χ3n) is 2.12. The quantitative estimate of drug-likeness (QED) is 0.447. The topological polar surface area (TPSA) is 145 Å². The molecule has 4 N–H and O–H groups in total. The fourth-order valence-electron chi connectivity index (χ4n) is 1.07. The van der Waals surface area contributed by atoms with Crippen LogP contribution >= 0.6 is 7.37 Å². The maximum absolute atomic E-state index is 11.5. The van der Waals surface area contributed by atoms with Gasteiger partial charge in [0.15, 0.2) is 0 Å². The number of hydrogen-bond donors (Lipinski definition) is 2. The highest BCUT2D eigenvalue weighted by molar-refractivity contribution is 7.58. The molecular formula is C8H15NO6P-. The van der Waals surface area contributed by atoms with Crippen LogP contribution in [0.4, 0.5) is 0 Å². The molecule has 0 saturated heterocycles. The molecule has 0 aliphatic carbocycles. The summed E-state index contributed by atoms with van der Waals surface area (Å²) in [4.78, 5) is 30.0. The minimum absolute atomic E-state index is 0.115. The number of carbonyl (C=O) groups is 2. The summed E-state index contributed by atoms with van der Waals surface area (Å²) >= 11 is 0. The van der Waals surface area contributed by atoms with Crippen molar-refractivity contribution < 1.29 is 35.0 Å². The first-order chi connectivity index (χ1) is 7.15. The van der Waals surface area contributed by atoms with Gasteiger partial charge in [-0.3, -0.25) is 4.57 Å². The Morgan fingerprint density at radius 1 is 1.38 bits per heavy atom. The van der Waals surface area contributed by atoms with Gasteiger partial charge in [0.25, 0.3) is 0 Å². The highest BCUT2D eigenvalue weighted by Gasteiger charge is 2.24. The van der Waals surface area contributed by atoms with Crippen LogP contribution < -0.4 is 15.9 Å². The number of hydrogen-bond acceptors (Lipinski definition) is 5. The molecule has 8 heteroatoms. The average Bonchev–Trinajstić information content (AvgIpc) is 2.13. The van der Waals surface area contributed by atoms with Gasteiger partial charge in [0.1, 0.15) is 6.04 Å². The fourth-order valence-corrected chi connectivity index (χ4v) is 2.97. The molecule has 0 saturated carbocycles. The van der Waals surface area contributed by atoms with Crippen LogP contribution in [-0.4, -0.2) is 35.2 Å². The molecule has 7 nitrogen and oxygen atoms in total. The zero-order chi connectivity index (χ0) is 12.9. The second-order valence-electron chi connectivity index (χ2n) is 3.78. The van der Waals surface area contributed by atoms with Gasteiger partial charge < -0.3 is 30.4 Å². The predicted molar refractivity (Wildman–Crippen MR) is 50.0 cm³/mol.